The van der Waals surface area contributed by atoms with Gasteiger partial charge in [0, 0.05) is 41.5 Å². The van der Waals surface area contributed by atoms with Gasteiger partial charge < -0.3 is 4.90 Å². The summed E-state index contributed by atoms with van der Waals surface area (Å²) in [6.07, 6.45) is 6.90. The van der Waals surface area contributed by atoms with Crippen LogP contribution in [0.3, 0.4) is 0 Å². The van der Waals surface area contributed by atoms with Crippen molar-refractivity contribution in [3.8, 4) is 5.69 Å². The van der Waals surface area contributed by atoms with Gasteiger partial charge in [-0.2, -0.15) is 0 Å². The van der Waals surface area contributed by atoms with E-state index >= 15 is 0 Å². The van der Waals surface area contributed by atoms with Gasteiger partial charge >= 0.3 is 0 Å². The fourth-order valence-corrected chi connectivity index (χ4v) is 4.67. The SMILES string of the molecule is O=C(CCCC1CN2CCC1CC2)c1ccc(=O)n(-c2ccc(Cl)cc2)c1. The van der Waals surface area contributed by atoms with Gasteiger partial charge in [-0.15, -0.1) is 0 Å². The van der Waals surface area contributed by atoms with Gasteiger partial charge in [0.15, 0.2) is 5.78 Å². The molecule has 4 heterocycles. The number of piperidine rings is 3. The Morgan fingerprint density at radius 1 is 1.07 bits per heavy atom. The fraction of sp³-hybridized carbons (Fsp3) is 0.455. The molecule has 3 saturated heterocycles. The Morgan fingerprint density at radius 2 is 1.81 bits per heavy atom. The minimum Gasteiger partial charge on any atom is -0.303 e. The average Bonchev–Trinajstić information content (AvgIpc) is 2.70. The molecule has 0 radical (unpaired) electrons. The number of hydrogen-bond donors (Lipinski definition) is 0. The summed E-state index contributed by atoms with van der Waals surface area (Å²) < 4.78 is 1.51. The Labute approximate surface area is 164 Å². The number of pyridine rings is 1. The van der Waals surface area contributed by atoms with Crippen molar-refractivity contribution >= 4 is 17.4 Å². The maximum Gasteiger partial charge on any atom is 0.255 e. The number of hydrogen-bond acceptors (Lipinski definition) is 3. The predicted octanol–water partition coefficient (Wildman–Crippen LogP) is 4.19. The van der Waals surface area contributed by atoms with Gasteiger partial charge in [0.05, 0.1) is 0 Å². The van der Waals surface area contributed by atoms with Crippen LogP contribution in [-0.2, 0) is 0 Å². The van der Waals surface area contributed by atoms with Gasteiger partial charge in [-0.1, -0.05) is 11.6 Å². The minimum atomic E-state index is -0.152. The summed E-state index contributed by atoms with van der Waals surface area (Å²) in [6, 6.07) is 10.2. The Hall–Kier alpha value is -1.91. The van der Waals surface area contributed by atoms with Crippen LogP contribution in [0.1, 0.15) is 42.5 Å². The van der Waals surface area contributed by atoms with E-state index in [9.17, 15) is 9.59 Å². The van der Waals surface area contributed by atoms with E-state index in [0.29, 0.717) is 22.7 Å². The zero-order valence-electron chi connectivity index (χ0n) is 15.4. The third kappa shape index (κ3) is 4.17. The molecule has 27 heavy (non-hydrogen) atoms. The molecule has 5 heteroatoms. The highest BCUT2D eigenvalue weighted by atomic mass is 35.5. The third-order valence-corrected chi connectivity index (χ3v) is 6.36. The molecule has 5 rings (SSSR count). The first kappa shape index (κ1) is 18.5. The van der Waals surface area contributed by atoms with Crippen LogP contribution < -0.4 is 5.56 Å². The first-order valence-corrected chi connectivity index (χ1v) is 10.2. The Kier molecular flexibility index (Phi) is 5.46. The Bertz CT molecular complexity index is 867. The molecule has 3 aliphatic heterocycles. The molecule has 1 atom stereocenters. The number of halogens is 1. The maximum atomic E-state index is 12.6. The molecule has 3 fully saturated rings. The van der Waals surface area contributed by atoms with Crippen LogP contribution >= 0.6 is 11.6 Å². The van der Waals surface area contributed by atoms with E-state index in [2.05, 4.69) is 4.90 Å². The van der Waals surface area contributed by atoms with E-state index in [-0.39, 0.29) is 11.3 Å². The molecule has 0 amide bonds. The van der Waals surface area contributed by atoms with Gasteiger partial charge in [-0.25, -0.2) is 0 Å². The second-order valence-corrected chi connectivity index (χ2v) is 8.25. The molecule has 4 nitrogen and oxygen atoms in total. The number of fused-ring (bicyclic) bond motifs is 3. The van der Waals surface area contributed by atoms with Gasteiger partial charge in [0.2, 0.25) is 0 Å². The van der Waals surface area contributed by atoms with E-state index in [4.69, 9.17) is 11.6 Å². The number of Topliss-reactive ketones (excluding diaryl/α,β-unsaturated/α-hetero) is 1. The molecule has 0 aliphatic carbocycles. The molecule has 0 spiro atoms. The van der Waals surface area contributed by atoms with Crippen molar-refractivity contribution in [3.05, 3.63) is 63.5 Å². The Morgan fingerprint density at radius 3 is 2.48 bits per heavy atom. The lowest BCUT2D eigenvalue weighted by Gasteiger charge is -2.45. The lowest BCUT2D eigenvalue weighted by atomic mass is 9.76. The molecule has 1 aromatic carbocycles. The van der Waals surface area contributed by atoms with Crippen LogP contribution in [0.4, 0.5) is 0 Å². The van der Waals surface area contributed by atoms with Crippen LogP contribution in [0.25, 0.3) is 5.69 Å². The van der Waals surface area contributed by atoms with Crippen molar-refractivity contribution in [3.63, 3.8) is 0 Å². The van der Waals surface area contributed by atoms with Crippen molar-refractivity contribution in [2.45, 2.75) is 32.1 Å². The molecule has 3 aliphatic rings. The first-order chi connectivity index (χ1) is 13.1. The fourth-order valence-electron chi connectivity index (χ4n) is 4.54. The van der Waals surface area contributed by atoms with Crippen molar-refractivity contribution < 1.29 is 4.79 Å². The van der Waals surface area contributed by atoms with E-state index in [1.807, 2.05) is 0 Å². The normalized spacial score (nSPS) is 24.1. The molecule has 0 N–H and O–H groups in total. The number of carbonyl (C=O) groups is 1. The zero-order valence-corrected chi connectivity index (χ0v) is 16.2. The first-order valence-electron chi connectivity index (χ1n) is 9.84. The molecule has 2 aromatic rings. The third-order valence-electron chi connectivity index (χ3n) is 6.11. The second kappa shape index (κ2) is 7.99. The van der Waals surface area contributed by atoms with Gasteiger partial charge in [0.25, 0.3) is 5.56 Å². The lowest BCUT2D eigenvalue weighted by Crippen LogP contribution is -2.47. The smallest absolute Gasteiger partial charge is 0.255 e. The standard InChI is InChI=1S/C22H25ClN2O2/c23-19-5-7-20(8-6-19)25-15-18(4-9-22(25)27)21(26)3-1-2-17-14-24-12-10-16(17)11-13-24/h4-9,15-17H,1-3,10-14H2. The van der Waals surface area contributed by atoms with Crippen LogP contribution in [-0.4, -0.2) is 34.9 Å². The molecule has 142 valence electrons. The summed E-state index contributed by atoms with van der Waals surface area (Å²) in [7, 11) is 0. The van der Waals surface area contributed by atoms with Crippen molar-refractivity contribution in [1.82, 2.24) is 9.47 Å². The zero-order chi connectivity index (χ0) is 18.8. The quantitative estimate of drug-likeness (QED) is 0.701. The molecule has 2 bridgehead atoms. The van der Waals surface area contributed by atoms with Gasteiger partial charge in [0.1, 0.15) is 0 Å². The molecular formula is C22H25ClN2O2. The Balaban J connectivity index is 1.39. The average molecular weight is 385 g/mol. The molecular weight excluding hydrogens is 360 g/mol. The minimum absolute atomic E-state index is 0.110. The van der Waals surface area contributed by atoms with Gasteiger partial charge in [-0.05, 0) is 80.9 Å². The summed E-state index contributed by atoms with van der Waals surface area (Å²) in [5, 5.41) is 0.617. The van der Waals surface area contributed by atoms with Crippen molar-refractivity contribution in [2.24, 2.45) is 11.8 Å². The van der Waals surface area contributed by atoms with Crippen molar-refractivity contribution in [1.29, 1.82) is 0 Å². The maximum absolute atomic E-state index is 12.6. The highest BCUT2D eigenvalue weighted by molar-refractivity contribution is 6.30. The predicted molar refractivity (Wildman–Crippen MR) is 108 cm³/mol. The molecule has 1 aromatic heterocycles. The van der Waals surface area contributed by atoms with E-state index in [1.165, 1.54) is 43.1 Å². The van der Waals surface area contributed by atoms with Crippen molar-refractivity contribution in [2.75, 3.05) is 19.6 Å². The topological polar surface area (TPSA) is 42.3 Å². The number of benzene rings is 1. The number of ketones is 1. The van der Waals surface area contributed by atoms with E-state index < -0.39 is 0 Å². The number of carbonyl (C=O) groups excluding carboxylic acids is 1. The summed E-state index contributed by atoms with van der Waals surface area (Å²) in [5.41, 5.74) is 1.16. The number of nitrogens with zero attached hydrogens (tertiary/aromatic N) is 2. The second-order valence-electron chi connectivity index (χ2n) is 7.82. The lowest BCUT2D eigenvalue weighted by molar-refractivity contribution is 0.0453. The van der Waals surface area contributed by atoms with Gasteiger partial charge in [-0.3, -0.25) is 14.2 Å². The largest absolute Gasteiger partial charge is 0.303 e. The number of rotatable bonds is 6. The highest BCUT2D eigenvalue weighted by Gasteiger charge is 2.33. The summed E-state index contributed by atoms with van der Waals surface area (Å²) in [6.45, 7) is 3.72. The number of aromatic nitrogens is 1. The monoisotopic (exact) mass is 384 g/mol. The molecule has 1 unspecified atom stereocenters. The summed E-state index contributed by atoms with van der Waals surface area (Å²) in [5.74, 6) is 1.72. The summed E-state index contributed by atoms with van der Waals surface area (Å²) >= 11 is 5.92. The van der Waals surface area contributed by atoms with E-state index in [1.54, 1.807) is 36.5 Å². The summed E-state index contributed by atoms with van der Waals surface area (Å²) in [4.78, 5) is 27.4. The van der Waals surface area contributed by atoms with Crippen LogP contribution in [0.15, 0.2) is 47.4 Å². The van der Waals surface area contributed by atoms with Crippen LogP contribution in [0.5, 0.6) is 0 Å². The molecule has 0 saturated carbocycles. The highest BCUT2D eigenvalue weighted by Crippen LogP contribution is 2.35. The van der Waals surface area contributed by atoms with E-state index in [0.717, 1.165) is 24.7 Å². The van der Waals surface area contributed by atoms with Crippen LogP contribution in [0.2, 0.25) is 5.02 Å². The van der Waals surface area contributed by atoms with Crippen LogP contribution in [0, 0.1) is 11.8 Å².